The maximum absolute atomic E-state index is 10.7. The Hall–Kier alpha value is -1.60. The summed E-state index contributed by atoms with van der Waals surface area (Å²) in [7, 11) is 0. The Morgan fingerprint density at radius 1 is 0.857 bits per heavy atom. The third-order valence-corrected chi connectivity index (χ3v) is 4.36. The number of hydrogen-bond donors (Lipinski definition) is 1. The van der Waals surface area contributed by atoms with E-state index in [9.17, 15) is 5.11 Å². The van der Waals surface area contributed by atoms with Gasteiger partial charge in [-0.25, -0.2) is 0 Å². The average Bonchev–Trinajstić information content (AvgIpc) is 2.50. The summed E-state index contributed by atoms with van der Waals surface area (Å²) in [5.74, 6) is 0. The summed E-state index contributed by atoms with van der Waals surface area (Å²) in [6.45, 7) is 8.55. The minimum atomic E-state index is -0.423. The van der Waals surface area contributed by atoms with Gasteiger partial charge in [-0.3, -0.25) is 0 Å². The standard InChI is InChI=1S/C20H26O/c1-5-16-9-10-18(6-2)19(12-16)20(21)13-17-8-7-14(3)15(4)11-17/h7-12,20-21H,5-6,13H2,1-4H3. The third-order valence-electron chi connectivity index (χ3n) is 4.36. The first kappa shape index (κ1) is 15.8. The second-order valence-electron chi connectivity index (χ2n) is 5.88. The number of aliphatic hydroxyl groups excluding tert-OH is 1. The maximum atomic E-state index is 10.7. The lowest BCUT2D eigenvalue weighted by molar-refractivity contribution is 0.177. The Kier molecular flexibility index (Phi) is 5.19. The molecule has 21 heavy (non-hydrogen) atoms. The van der Waals surface area contributed by atoms with Gasteiger partial charge in [-0.1, -0.05) is 50.2 Å². The first-order chi connectivity index (χ1) is 10.0. The van der Waals surface area contributed by atoms with Crippen molar-refractivity contribution in [2.45, 2.75) is 53.1 Å². The molecule has 0 spiro atoms. The molecule has 1 N–H and O–H groups in total. The first-order valence-electron chi connectivity index (χ1n) is 7.91. The van der Waals surface area contributed by atoms with E-state index in [1.807, 2.05) is 0 Å². The van der Waals surface area contributed by atoms with E-state index in [0.29, 0.717) is 6.42 Å². The molecule has 0 saturated carbocycles. The van der Waals surface area contributed by atoms with Gasteiger partial charge in [0.1, 0.15) is 0 Å². The number of rotatable bonds is 5. The van der Waals surface area contributed by atoms with E-state index in [2.05, 4.69) is 64.1 Å². The van der Waals surface area contributed by atoms with E-state index in [-0.39, 0.29) is 0 Å². The summed E-state index contributed by atoms with van der Waals surface area (Å²) < 4.78 is 0. The van der Waals surface area contributed by atoms with Crippen molar-refractivity contribution in [3.63, 3.8) is 0 Å². The molecule has 0 aliphatic heterocycles. The van der Waals surface area contributed by atoms with Crippen LogP contribution in [0.2, 0.25) is 0 Å². The van der Waals surface area contributed by atoms with Gasteiger partial charge in [0.05, 0.1) is 6.10 Å². The van der Waals surface area contributed by atoms with Gasteiger partial charge >= 0.3 is 0 Å². The lowest BCUT2D eigenvalue weighted by atomic mass is 9.92. The fourth-order valence-corrected chi connectivity index (χ4v) is 2.76. The highest BCUT2D eigenvalue weighted by Gasteiger charge is 2.13. The van der Waals surface area contributed by atoms with Crippen LogP contribution in [0.15, 0.2) is 36.4 Å². The molecule has 1 atom stereocenters. The van der Waals surface area contributed by atoms with Crippen molar-refractivity contribution in [1.82, 2.24) is 0 Å². The first-order valence-corrected chi connectivity index (χ1v) is 7.91. The Morgan fingerprint density at radius 2 is 1.57 bits per heavy atom. The minimum Gasteiger partial charge on any atom is -0.388 e. The number of hydrogen-bond acceptors (Lipinski definition) is 1. The lowest BCUT2D eigenvalue weighted by Gasteiger charge is -2.17. The second-order valence-corrected chi connectivity index (χ2v) is 5.88. The van der Waals surface area contributed by atoms with Crippen LogP contribution >= 0.6 is 0 Å². The summed E-state index contributed by atoms with van der Waals surface area (Å²) in [4.78, 5) is 0. The van der Waals surface area contributed by atoms with E-state index in [1.54, 1.807) is 0 Å². The number of aliphatic hydroxyl groups is 1. The predicted molar refractivity (Wildman–Crippen MR) is 89.8 cm³/mol. The van der Waals surface area contributed by atoms with Gasteiger partial charge in [0.15, 0.2) is 0 Å². The highest BCUT2D eigenvalue weighted by Crippen LogP contribution is 2.25. The Bertz CT molecular complexity index is 613. The zero-order valence-electron chi connectivity index (χ0n) is 13.6. The highest BCUT2D eigenvalue weighted by atomic mass is 16.3. The zero-order chi connectivity index (χ0) is 15.4. The molecule has 0 amide bonds. The molecule has 1 heteroatoms. The SMILES string of the molecule is CCc1ccc(CC)c(C(O)Cc2ccc(C)c(C)c2)c1. The smallest absolute Gasteiger partial charge is 0.0833 e. The predicted octanol–water partition coefficient (Wildman–Crippen LogP) is 4.70. The van der Waals surface area contributed by atoms with Crippen molar-refractivity contribution in [2.75, 3.05) is 0 Å². The van der Waals surface area contributed by atoms with Gasteiger partial charge in [-0.05, 0) is 60.1 Å². The van der Waals surface area contributed by atoms with Crippen LogP contribution in [0.5, 0.6) is 0 Å². The zero-order valence-corrected chi connectivity index (χ0v) is 13.6. The van der Waals surface area contributed by atoms with Crippen molar-refractivity contribution < 1.29 is 5.11 Å². The van der Waals surface area contributed by atoms with Crippen LogP contribution < -0.4 is 0 Å². The molecule has 0 fully saturated rings. The van der Waals surface area contributed by atoms with Crippen LogP contribution in [0, 0.1) is 13.8 Å². The van der Waals surface area contributed by atoms with Gasteiger partial charge in [-0.15, -0.1) is 0 Å². The van der Waals surface area contributed by atoms with Gasteiger partial charge in [0.25, 0.3) is 0 Å². The van der Waals surface area contributed by atoms with Gasteiger partial charge in [-0.2, -0.15) is 0 Å². The van der Waals surface area contributed by atoms with Crippen LogP contribution in [0.3, 0.4) is 0 Å². The molecular weight excluding hydrogens is 256 g/mol. The molecular formula is C20H26O. The van der Waals surface area contributed by atoms with Gasteiger partial charge in [0, 0.05) is 6.42 Å². The Labute approximate surface area is 128 Å². The topological polar surface area (TPSA) is 20.2 Å². The molecule has 0 bridgehead atoms. The van der Waals surface area contributed by atoms with E-state index in [4.69, 9.17) is 0 Å². The molecule has 112 valence electrons. The second kappa shape index (κ2) is 6.91. The average molecular weight is 282 g/mol. The molecule has 1 nitrogen and oxygen atoms in total. The largest absolute Gasteiger partial charge is 0.388 e. The normalized spacial score (nSPS) is 12.4. The van der Waals surface area contributed by atoms with E-state index in [0.717, 1.165) is 18.4 Å². The van der Waals surface area contributed by atoms with Crippen LogP contribution in [-0.4, -0.2) is 5.11 Å². The summed E-state index contributed by atoms with van der Waals surface area (Å²) >= 11 is 0. The molecule has 0 aliphatic carbocycles. The lowest BCUT2D eigenvalue weighted by Crippen LogP contribution is -2.06. The van der Waals surface area contributed by atoms with Crippen molar-refractivity contribution in [3.05, 3.63) is 69.8 Å². The minimum absolute atomic E-state index is 0.423. The molecule has 0 aromatic heterocycles. The Morgan fingerprint density at radius 3 is 2.19 bits per heavy atom. The molecule has 0 aliphatic rings. The summed E-state index contributed by atoms with van der Waals surface area (Å²) in [6, 6.07) is 13.0. The van der Waals surface area contributed by atoms with E-state index in [1.165, 1.54) is 27.8 Å². The highest BCUT2D eigenvalue weighted by molar-refractivity contribution is 5.36. The molecule has 2 aromatic carbocycles. The van der Waals surface area contributed by atoms with Crippen molar-refractivity contribution in [3.8, 4) is 0 Å². The summed E-state index contributed by atoms with van der Waals surface area (Å²) in [5.41, 5.74) is 7.43. The number of benzene rings is 2. The number of aryl methyl sites for hydroxylation is 4. The molecule has 0 saturated heterocycles. The molecule has 0 radical (unpaired) electrons. The third kappa shape index (κ3) is 3.74. The maximum Gasteiger partial charge on any atom is 0.0833 e. The van der Waals surface area contributed by atoms with Crippen LogP contribution in [0.4, 0.5) is 0 Å². The fraction of sp³-hybridized carbons (Fsp3) is 0.400. The van der Waals surface area contributed by atoms with Gasteiger partial charge in [0.2, 0.25) is 0 Å². The fourth-order valence-electron chi connectivity index (χ4n) is 2.76. The van der Waals surface area contributed by atoms with Crippen molar-refractivity contribution in [1.29, 1.82) is 0 Å². The van der Waals surface area contributed by atoms with Crippen molar-refractivity contribution >= 4 is 0 Å². The Balaban J connectivity index is 2.26. The van der Waals surface area contributed by atoms with Crippen LogP contribution in [-0.2, 0) is 19.3 Å². The monoisotopic (exact) mass is 282 g/mol. The van der Waals surface area contributed by atoms with Crippen LogP contribution in [0.25, 0.3) is 0 Å². The summed E-state index contributed by atoms with van der Waals surface area (Å²) in [6.07, 6.45) is 2.23. The molecule has 2 rings (SSSR count). The molecule has 0 heterocycles. The van der Waals surface area contributed by atoms with E-state index >= 15 is 0 Å². The van der Waals surface area contributed by atoms with Crippen molar-refractivity contribution in [2.24, 2.45) is 0 Å². The summed E-state index contributed by atoms with van der Waals surface area (Å²) in [5, 5.41) is 10.7. The van der Waals surface area contributed by atoms with Crippen LogP contribution in [0.1, 0.15) is 53.3 Å². The quantitative estimate of drug-likeness (QED) is 0.842. The molecule has 2 aromatic rings. The van der Waals surface area contributed by atoms with Gasteiger partial charge < -0.3 is 5.11 Å². The molecule has 1 unspecified atom stereocenters. The van der Waals surface area contributed by atoms with E-state index < -0.39 is 6.10 Å².